The lowest BCUT2D eigenvalue weighted by atomic mass is 10.1. The molecule has 0 aromatic carbocycles. The van der Waals surface area contributed by atoms with Crippen LogP contribution in [-0.4, -0.2) is 36.2 Å². The highest BCUT2D eigenvalue weighted by Gasteiger charge is 2.13. The van der Waals surface area contributed by atoms with Gasteiger partial charge in [0, 0.05) is 38.1 Å². The van der Waals surface area contributed by atoms with Crippen molar-refractivity contribution >= 4 is 11.6 Å². The van der Waals surface area contributed by atoms with Crippen LogP contribution >= 0.6 is 0 Å². The van der Waals surface area contributed by atoms with Gasteiger partial charge in [-0.25, -0.2) is 5.43 Å². The summed E-state index contributed by atoms with van der Waals surface area (Å²) < 4.78 is 0. The van der Waals surface area contributed by atoms with E-state index in [-0.39, 0.29) is 5.91 Å². The number of rotatable bonds is 5. The first kappa shape index (κ1) is 13.2. The molecule has 0 aromatic heterocycles. The number of likely N-dealkylation sites (tertiary alicyclic amines) is 1. The van der Waals surface area contributed by atoms with Gasteiger partial charge in [0.15, 0.2) is 0 Å². The Labute approximate surface area is 98.1 Å². The van der Waals surface area contributed by atoms with Gasteiger partial charge in [-0.05, 0) is 13.0 Å². The summed E-state index contributed by atoms with van der Waals surface area (Å²) in [4.78, 5) is 13.7. The van der Waals surface area contributed by atoms with Gasteiger partial charge in [-0.15, -0.1) is 0 Å². The number of hydrogen-bond donors (Lipinski definition) is 1. The summed E-state index contributed by atoms with van der Waals surface area (Å²) in [5, 5.41) is 4.20. The van der Waals surface area contributed by atoms with Gasteiger partial charge in [0.2, 0.25) is 5.91 Å². The van der Waals surface area contributed by atoms with Crippen molar-refractivity contribution in [3.63, 3.8) is 0 Å². The number of carbonyl (C=O) groups excluding carboxylic acids is 1. The number of nitrogens with one attached hydrogen (secondary N) is 1. The van der Waals surface area contributed by atoms with Crippen LogP contribution < -0.4 is 5.43 Å². The first-order chi connectivity index (χ1) is 7.76. The van der Waals surface area contributed by atoms with E-state index in [4.69, 9.17) is 0 Å². The second-order valence-corrected chi connectivity index (χ2v) is 4.25. The average molecular weight is 225 g/mol. The maximum Gasteiger partial charge on any atom is 0.240 e. The van der Waals surface area contributed by atoms with Gasteiger partial charge in [0.05, 0.1) is 0 Å². The van der Waals surface area contributed by atoms with Crippen LogP contribution in [0.4, 0.5) is 0 Å². The molecule has 1 fully saturated rings. The molecule has 1 heterocycles. The second-order valence-electron chi connectivity index (χ2n) is 4.25. The highest BCUT2D eigenvalue weighted by Crippen LogP contribution is 2.06. The lowest BCUT2D eigenvalue weighted by molar-refractivity contribution is -0.121. The molecular weight excluding hydrogens is 202 g/mol. The minimum atomic E-state index is 0.0484. The van der Waals surface area contributed by atoms with E-state index in [0.717, 1.165) is 51.0 Å². The fourth-order valence-corrected chi connectivity index (χ4v) is 1.77. The van der Waals surface area contributed by atoms with Gasteiger partial charge < -0.3 is 4.90 Å². The molecule has 1 amide bonds. The molecule has 0 saturated carbocycles. The van der Waals surface area contributed by atoms with Crippen molar-refractivity contribution < 1.29 is 4.79 Å². The molecule has 4 heteroatoms. The Hall–Kier alpha value is -0.900. The number of unbranched alkanes of at least 4 members (excludes halogenated alkanes) is 1. The van der Waals surface area contributed by atoms with Gasteiger partial charge in [-0.2, -0.15) is 5.10 Å². The third kappa shape index (κ3) is 4.75. The molecule has 4 nitrogen and oxygen atoms in total. The van der Waals surface area contributed by atoms with Crippen molar-refractivity contribution in [3.8, 4) is 0 Å². The number of amides is 1. The van der Waals surface area contributed by atoms with Crippen LogP contribution in [-0.2, 0) is 4.79 Å². The predicted octanol–water partition coefficient (Wildman–Crippen LogP) is 1.76. The summed E-state index contributed by atoms with van der Waals surface area (Å²) in [5.74, 6) is 0.0484. The molecule has 1 aliphatic heterocycles. The van der Waals surface area contributed by atoms with E-state index in [1.165, 1.54) is 0 Å². The summed E-state index contributed by atoms with van der Waals surface area (Å²) in [7, 11) is 0. The van der Waals surface area contributed by atoms with E-state index in [9.17, 15) is 4.79 Å². The third-order valence-corrected chi connectivity index (χ3v) is 2.98. The highest BCUT2D eigenvalue weighted by atomic mass is 16.2. The monoisotopic (exact) mass is 225 g/mol. The van der Waals surface area contributed by atoms with Crippen LogP contribution in [0.15, 0.2) is 5.10 Å². The van der Waals surface area contributed by atoms with Gasteiger partial charge in [-0.1, -0.05) is 20.3 Å². The molecule has 0 radical (unpaired) electrons. The molecule has 1 saturated heterocycles. The van der Waals surface area contributed by atoms with Crippen LogP contribution in [0.1, 0.15) is 46.0 Å². The molecule has 0 bridgehead atoms. The fraction of sp³-hybridized carbons (Fsp3) is 0.833. The van der Waals surface area contributed by atoms with E-state index >= 15 is 0 Å². The third-order valence-electron chi connectivity index (χ3n) is 2.98. The molecule has 0 unspecified atom stereocenters. The Morgan fingerprint density at radius 3 is 2.62 bits per heavy atom. The zero-order chi connectivity index (χ0) is 11.8. The number of nitrogens with zero attached hydrogens (tertiary/aromatic N) is 2. The summed E-state index contributed by atoms with van der Waals surface area (Å²) in [6.07, 6.45) is 4.56. The summed E-state index contributed by atoms with van der Waals surface area (Å²) in [6.45, 7) is 7.50. The Bertz CT molecular complexity index is 241. The molecule has 92 valence electrons. The number of hydrazone groups is 1. The van der Waals surface area contributed by atoms with E-state index in [1.807, 2.05) is 0 Å². The Morgan fingerprint density at radius 1 is 1.38 bits per heavy atom. The Balaban J connectivity index is 2.22. The molecule has 1 aliphatic rings. The van der Waals surface area contributed by atoms with Crippen LogP contribution in [0.5, 0.6) is 0 Å². The topological polar surface area (TPSA) is 44.7 Å². The molecule has 0 spiro atoms. The first-order valence-corrected chi connectivity index (χ1v) is 6.32. The molecule has 1 rings (SSSR count). The summed E-state index contributed by atoms with van der Waals surface area (Å²) in [6, 6.07) is 0. The normalized spacial score (nSPS) is 17.2. The minimum Gasteiger partial charge on any atom is -0.303 e. The lowest BCUT2D eigenvalue weighted by Crippen LogP contribution is -2.34. The smallest absolute Gasteiger partial charge is 0.240 e. The van der Waals surface area contributed by atoms with Crippen molar-refractivity contribution in [1.82, 2.24) is 10.3 Å². The zero-order valence-electron chi connectivity index (χ0n) is 10.5. The maximum absolute atomic E-state index is 11.3. The van der Waals surface area contributed by atoms with E-state index in [1.54, 1.807) is 0 Å². The van der Waals surface area contributed by atoms with Crippen molar-refractivity contribution in [2.24, 2.45) is 5.10 Å². The van der Waals surface area contributed by atoms with E-state index in [0.29, 0.717) is 6.42 Å². The number of carbonyl (C=O) groups is 1. The van der Waals surface area contributed by atoms with Crippen molar-refractivity contribution in [3.05, 3.63) is 0 Å². The molecule has 0 aromatic rings. The predicted molar refractivity (Wildman–Crippen MR) is 66.5 cm³/mol. The minimum absolute atomic E-state index is 0.0484. The van der Waals surface area contributed by atoms with Gasteiger partial charge in [0.1, 0.15) is 0 Å². The quantitative estimate of drug-likeness (QED) is 0.725. The first-order valence-electron chi connectivity index (χ1n) is 6.32. The van der Waals surface area contributed by atoms with Crippen LogP contribution in [0.3, 0.4) is 0 Å². The van der Waals surface area contributed by atoms with Gasteiger partial charge >= 0.3 is 0 Å². The van der Waals surface area contributed by atoms with E-state index < -0.39 is 0 Å². The summed E-state index contributed by atoms with van der Waals surface area (Å²) >= 11 is 0. The van der Waals surface area contributed by atoms with Gasteiger partial charge in [0.25, 0.3) is 0 Å². The summed E-state index contributed by atoms with van der Waals surface area (Å²) in [5.41, 5.74) is 3.78. The fourth-order valence-electron chi connectivity index (χ4n) is 1.77. The maximum atomic E-state index is 11.3. The van der Waals surface area contributed by atoms with Crippen molar-refractivity contribution in [2.45, 2.75) is 46.0 Å². The van der Waals surface area contributed by atoms with Gasteiger partial charge in [-0.3, -0.25) is 4.79 Å². The van der Waals surface area contributed by atoms with Crippen LogP contribution in [0.2, 0.25) is 0 Å². The highest BCUT2D eigenvalue weighted by molar-refractivity contribution is 5.87. The SMILES string of the molecule is CCCCC(=O)NN=C1CCN(CC)CC1. The van der Waals surface area contributed by atoms with Crippen LogP contribution in [0, 0.1) is 0 Å². The Morgan fingerprint density at radius 2 is 2.06 bits per heavy atom. The molecule has 0 atom stereocenters. The Kier molecular flexibility index (Phi) is 6.08. The average Bonchev–Trinajstić information content (AvgIpc) is 2.34. The number of piperidine rings is 1. The lowest BCUT2D eigenvalue weighted by Gasteiger charge is -2.25. The van der Waals surface area contributed by atoms with Crippen molar-refractivity contribution in [1.29, 1.82) is 0 Å². The molecule has 16 heavy (non-hydrogen) atoms. The van der Waals surface area contributed by atoms with Crippen molar-refractivity contribution in [2.75, 3.05) is 19.6 Å². The second kappa shape index (κ2) is 7.39. The van der Waals surface area contributed by atoms with Crippen LogP contribution in [0.25, 0.3) is 0 Å². The van der Waals surface area contributed by atoms with E-state index in [2.05, 4.69) is 29.3 Å². The molecule has 0 aliphatic carbocycles. The number of hydrogen-bond acceptors (Lipinski definition) is 3. The molecular formula is C12H23N3O. The largest absolute Gasteiger partial charge is 0.303 e. The zero-order valence-corrected chi connectivity index (χ0v) is 10.5. The standard InChI is InChI=1S/C12H23N3O/c1-3-5-6-12(16)14-13-11-7-9-15(4-2)10-8-11/h3-10H2,1-2H3,(H,14,16). The molecule has 1 N–H and O–H groups in total.